The number of rotatable bonds is 4. The molecule has 1 aromatic rings. The minimum absolute atomic E-state index is 0. The highest BCUT2D eigenvalue weighted by molar-refractivity contribution is 5.92. The van der Waals surface area contributed by atoms with Crippen LogP contribution >= 0.6 is 12.4 Å². The quantitative estimate of drug-likeness (QED) is 0.730. The van der Waals surface area contributed by atoms with Crippen molar-refractivity contribution in [3.63, 3.8) is 0 Å². The summed E-state index contributed by atoms with van der Waals surface area (Å²) in [5.74, 6) is -0.111. The molecule has 1 atom stereocenters. The topological polar surface area (TPSA) is 88.0 Å². The molecule has 0 radical (unpaired) electrons. The Morgan fingerprint density at radius 3 is 3.00 bits per heavy atom. The lowest BCUT2D eigenvalue weighted by molar-refractivity contribution is -0.121. The smallest absolute Gasteiger partial charge is 0.241 e. The third-order valence-electron chi connectivity index (χ3n) is 3.15. The molecule has 1 aliphatic heterocycles. The number of nitrogens with zero attached hydrogens (tertiary/aromatic N) is 2. The molecule has 112 valence electrons. The normalized spacial score (nSPS) is 17.9. The van der Waals surface area contributed by atoms with Crippen molar-refractivity contribution in [1.82, 2.24) is 20.4 Å². The fraction of sp³-hybridized carbons (Fsp3) is 0.583. The van der Waals surface area contributed by atoms with Crippen molar-refractivity contribution in [1.29, 1.82) is 0 Å². The summed E-state index contributed by atoms with van der Waals surface area (Å²) in [7, 11) is 1.57. The van der Waals surface area contributed by atoms with Crippen LogP contribution in [0.1, 0.15) is 12.8 Å². The van der Waals surface area contributed by atoms with E-state index in [9.17, 15) is 9.59 Å². The predicted molar refractivity (Wildman–Crippen MR) is 77.8 cm³/mol. The van der Waals surface area contributed by atoms with E-state index in [0.29, 0.717) is 5.69 Å². The Hall–Kier alpha value is -1.60. The number of hydrogen-bond acceptors (Lipinski definition) is 4. The second-order valence-electron chi connectivity index (χ2n) is 4.63. The standard InChI is InChI=1S/C12H19N5O2.ClH/c1-13-11(18)8-17-7-10(6-15-17)16-12(19)9-3-2-4-14-5-9;/h6-7,9,14H,2-5,8H2,1H3,(H,13,18)(H,16,19);1H. The van der Waals surface area contributed by atoms with E-state index >= 15 is 0 Å². The van der Waals surface area contributed by atoms with Gasteiger partial charge in [0.15, 0.2) is 0 Å². The number of carbonyl (C=O) groups is 2. The Bertz CT molecular complexity index is 456. The van der Waals surface area contributed by atoms with Crippen LogP contribution in [0.15, 0.2) is 12.4 Å². The van der Waals surface area contributed by atoms with Gasteiger partial charge in [0.05, 0.1) is 17.8 Å². The molecule has 1 aromatic heterocycles. The molecule has 0 saturated carbocycles. The Labute approximate surface area is 123 Å². The molecule has 1 fully saturated rings. The molecule has 0 bridgehead atoms. The van der Waals surface area contributed by atoms with Crippen LogP contribution in [-0.4, -0.2) is 41.7 Å². The first-order chi connectivity index (χ1) is 9.19. The largest absolute Gasteiger partial charge is 0.358 e. The van der Waals surface area contributed by atoms with Gasteiger partial charge in [-0.25, -0.2) is 0 Å². The molecule has 7 nitrogen and oxygen atoms in total. The monoisotopic (exact) mass is 301 g/mol. The zero-order valence-corrected chi connectivity index (χ0v) is 12.2. The highest BCUT2D eigenvalue weighted by Crippen LogP contribution is 2.13. The molecule has 3 N–H and O–H groups in total. The zero-order chi connectivity index (χ0) is 13.7. The molecular formula is C12H20ClN5O2. The van der Waals surface area contributed by atoms with Crippen molar-refractivity contribution in [3.8, 4) is 0 Å². The lowest BCUT2D eigenvalue weighted by Gasteiger charge is -2.21. The van der Waals surface area contributed by atoms with Gasteiger partial charge in [0, 0.05) is 19.8 Å². The molecule has 2 rings (SSSR count). The summed E-state index contributed by atoms with van der Waals surface area (Å²) >= 11 is 0. The molecule has 1 aliphatic rings. The minimum atomic E-state index is -0.127. The van der Waals surface area contributed by atoms with Crippen LogP contribution in [0.25, 0.3) is 0 Å². The first-order valence-electron chi connectivity index (χ1n) is 6.43. The molecule has 20 heavy (non-hydrogen) atoms. The van der Waals surface area contributed by atoms with E-state index in [4.69, 9.17) is 0 Å². The number of halogens is 1. The summed E-state index contributed by atoms with van der Waals surface area (Å²) in [6.45, 7) is 1.85. The van der Waals surface area contributed by atoms with Gasteiger partial charge >= 0.3 is 0 Å². The van der Waals surface area contributed by atoms with Gasteiger partial charge in [0.2, 0.25) is 11.8 Å². The van der Waals surface area contributed by atoms with Crippen LogP contribution in [0.5, 0.6) is 0 Å². The number of hydrogen-bond donors (Lipinski definition) is 3. The molecule has 2 heterocycles. The van der Waals surface area contributed by atoms with Crippen molar-refractivity contribution in [3.05, 3.63) is 12.4 Å². The Kier molecular flexibility index (Phi) is 6.47. The number of likely N-dealkylation sites (N-methyl/N-ethyl adjacent to an activating group) is 1. The van der Waals surface area contributed by atoms with Gasteiger partial charge in [-0.15, -0.1) is 12.4 Å². The molecule has 8 heteroatoms. The zero-order valence-electron chi connectivity index (χ0n) is 11.4. The lowest BCUT2D eigenvalue weighted by Crippen LogP contribution is -2.37. The molecule has 0 aliphatic carbocycles. The maximum atomic E-state index is 12.0. The summed E-state index contributed by atoms with van der Waals surface area (Å²) in [6.07, 6.45) is 5.14. The molecule has 1 saturated heterocycles. The summed E-state index contributed by atoms with van der Waals surface area (Å²) < 4.78 is 1.49. The fourth-order valence-corrected chi connectivity index (χ4v) is 2.06. The Morgan fingerprint density at radius 1 is 1.55 bits per heavy atom. The number of anilines is 1. The van der Waals surface area contributed by atoms with E-state index in [1.54, 1.807) is 19.4 Å². The van der Waals surface area contributed by atoms with Crippen LogP contribution in [0.4, 0.5) is 5.69 Å². The van der Waals surface area contributed by atoms with Crippen LogP contribution in [0.2, 0.25) is 0 Å². The number of nitrogens with one attached hydrogen (secondary N) is 3. The van der Waals surface area contributed by atoms with Gasteiger partial charge in [-0.2, -0.15) is 5.10 Å². The summed E-state index contributed by atoms with van der Waals surface area (Å²) in [6, 6.07) is 0. The third kappa shape index (κ3) is 4.50. The van der Waals surface area contributed by atoms with Crippen molar-refractivity contribution in [2.45, 2.75) is 19.4 Å². The minimum Gasteiger partial charge on any atom is -0.358 e. The fourth-order valence-electron chi connectivity index (χ4n) is 2.06. The maximum absolute atomic E-state index is 12.0. The third-order valence-corrected chi connectivity index (χ3v) is 3.15. The van der Waals surface area contributed by atoms with Gasteiger partial charge < -0.3 is 16.0 Å². The van der Waals surface area contributed by atoms with Crippen molar-refractivity contribution < 1.29 is 9.59 Å². The lowest BCUT2D eigenvalue weighted by atomic mass is 9.99. The van der Waals surface area contributed by atoms with Crippen LogP contribution in [0, 0.1) is 5.92 Å². The predicted octanol–water partition coefficient (Wildman–Crippen LogP) is -0.0110. The second kappa shape index (κ2) is 7.86. The van der Waals surface area contributed by atoms with E-state index < -0.39 is 0 Å². The molecule has 0 aromatic carbocycles. The Morgan fingerprint density at radius 2 is 2.35 bits per heavy atom. The second-order valence-corrected chi connectivity index (χ2v) is 4.63. The van der Waals surface area contributed by atoms with E-state index in [1.807, 2.05) is 0 Å². The van der Waals surface area contributed by atoms with Gasteiger partial charge in [-0.3, -0.25) is 14.3 Å². The van der Waals surface area contributed by atoms with Crippen LogP contribution in [0.3, 0.4) is 0 Å². The number of amides is 2. The van der Waals surface area contributed by atoms with Gasteiger partial charge in [0.25, 0.3) is 0 Å². The summed E-state index contributed by atoms with van der Waals surface area (Å²) in [5.41, 5.74) is 0.625. The molecule has 1 unspecified atom stereocenters. The average Bonchev–Trinajstić information content (AvgIpc) is 2.86. The number of piperidine rings is 1. The molecule has 0 spiro atoms. The first kappa shape index (κ1) is 16.5. The van der Waals surface area contributed by atoms with Gasteiger partial charge in [-0.05, 0) is 19.4 Å². The highest BCUT2D eigenvalue weighted by atomic mass is 35.5. The van der Waals surface area contributed by atoms with Crippen LogP contribution in [-0.2, 0) is 16.1 Å². The van der Waals surface area contributed by atoms with E-state index in [-0.39, 0.29) is 36.7 Å². The van der Waals surface area contributed by atoms with Crippen LogP contribution < -0.4 is 16.0 Å². The van der Waals surface area contributed by atoms with E-state index in [1.165, 1.54) is 4.68 Å². The van der Waals surface area contributed by atoms with Crippen molar-refractivity contribution in [2.24, 2.45) is 5.92 Å². The van der Waals surface area contributed by atoms with Gasteiger partial charge in [0.1, 0.15) is 6.54 Å². The average molecular weight is 302 g/mol. The van der Waals surface area contributed by atoms with E-state index in [2.05, 4.69) is 21.0 Å². The summed E-state index contributed by atoms with van der Waals surface area (Å²) in [4.78, 5) is 23.2. The molecule has 2 amide bonds. The Balaban J connectivity index is 0.00000200. The maximum Gasteiger partial charge on any atom is 0.241 e. The van der Waals surface area contributed by atoms with Crippen molar-refractivity contribution in [2.75, 3.05) is 25.5 Å². The number of aromatic nitrogens is 2. The highest BCUT2D eigenvalue weighted by Gasteiger charge is 2.21. The molecular weight excluding hydrogens is 282 g/mol. The summed E-state index contributed by atoms with van der Waals surface area (Å²) in [5, 5.41) is 12.6. The van der Waals surface area contributed by atoms with Gasteiger partial charge in [-0.1, -0.05) is 0 Å². The van der Waals surface area contributed by atoms with E-state index in [0.717, 1.165) is 25.9 Å². The number of carbonyl (C=O) groups excluding carboxylic acids is 2. The first-order valence-corrected chi connectivity index (χ1v) is 6.43. The van der Waals surface area contributed by atoms with Crippen molar-refractivity contribution >= 4 is 29.9 Å². The SMILES string of the molecule is CNC(=O)Cn1cc(NC(=O)C2CCCNC2)cn1.Cl.